The van der Waals surface area contributed by atoms with Crippen LogP contribution in [0, 0.1) is 9.39 Å². The van der Waals surface area contributed by atoms with Gasteiger partial charge in [0, 0.05) is 5.39 Å². The Morgan fingerprint density at radius 1 is 1.21 bits per heavy atom. The molecule has 0 N–H and O–H groups in total. The molecule has 2 heteroatoms. The molecule has 2 rings (SSSR count). The first-order chi connectivity index (χ1) is 6.74. The molecule has 0 aliphatic rings. The highest BCUT2D eigenvalue weighted by Gasteiger charge is 2.07. The van der Waals surface area contributed by atoms with Gasteiger partial charge in [-0.2, -0.15) is 0 Å². The van der Waals surface area contributed by atoms with Gasteiger partial charge in [-0.25, -0.2) is 4.39 Å². The molecule has 2 aromatic carbocycles. The Morgan fingerprint density at radius 2 is 2.00 bits per heavy atom. The second-order valence-corrected chi connectivity index (χ2v) is 4.31. The van der Waals surface area contributed by atoms with Gasteiger partial charge >= 0.3 is 0 Å². The molecule has 72 valence electrons. The van der Waals surface area contributed by atoms with Crippen molar-refractivity contribution in [3.8, 4) is 0 Å². The third-order valence-electron chi connectivity index (χ3n) is 2.40. The smallest absolute Gasteiger partial charge is 0.137 e. The van der Waals surface area contributed by atoms with Crippen molar-refractivity contribution in [2.45, 2.75) is 13.3 Å². The molecule has 0 unspecified atom stereocenters. The van der Waals surface area contributed by atoms with Crippen molar-refractivity contribution in [3.63, 3.8) is 0 Å². The zero-order valence-electron chi connectivity index (χ0n) is 7.85. The summed E-state index contributed by atoms with van der Waals surface area (Å²) in [5.41, 5.74) is 1.21. The van der Waals surface area contributed by atoms with E-state index in [4.69, 9.17) is 0 Å². The van der Waals surface area contributed by atoms with Crippen LogP contribution in [0.3, 0.4) is 0 Å². The largest absolute Gasteiger partial charge is 0.206 e. The summed E-state index contributed by atoms with van der Waals surface area (Å²) in [4.78, 5) is 0. The predicted molar refractivity (Wildman–Crippen MR) is 66.0 cm³/mol. The van der Waals surface area contributed by atoms with Gasteiger partial charge in [-0.1, -0.05) is 31.2 Å². The first-order valence-corrected chi connectivity index (χ1v) is 5.67. The molecule has 0 saturated carbocycles. The number of benzene rings is 2. The molecule has 0 fully saturated rings. The number of hydrogen-bond donors (Lipinski definition) is 0. The fourth-order valence-electron chi connectivity index (χ4n) is 1.68. The van der Waals surface area contributed by atoms with Crippen LogP contribution in [-0.2, 0) is 6.42 Å². The highest BCUT2D eigenvalue weighted by Crippen LogP contribution is 2.26. The third kappa shape index (κ3) is 1.52. The number of aryl methyl sites for hydroxylation is 1. The zero-order chi connectivity index (χ0) is 10.1. The molecule has 0 aliphatic carbocycles. The van der Waals surface area contributed by atoms with Crippen molar-refractivity contribution in [1.29, 1.82) is 0 Å². The zero-order valence-corrected chi connectivity index (χ0v) is 10.0. The van der Waals surface area contributed by atoms with Gasteiger partial charge in [0.25, 0.3) is 0 Å². The molecule has 0 spiro atoms. The summed E-state index contributed by atoms with van der Waals surface area (Å²) in [5, 5.41) is 2.19. The number of hydrogen-bond acceptors (Lipinski definition) is 0. The maximum atomic E-state index is 13.4. The van der Waals surface area contributed by atoms with E-state index in [0.29, 0.717) is 0 Å². The van der Waals surface area contributed by atoms with Gasteiger partial charge in [0.15, 0.2) is 0 Å². The summed E-state index contributed by atoms with van der Waals surface area (Å²) in [6.07, 6.45) is 0.941. The molecule has 0 aromatic heterocycles. The molecule has 14 heavy (non-hydrogen) atoms. The fraction of sp³-hybridized carbons (Fsp3) is 0.167. The van der Waals surface area contributed by atoms with Gasteiger partial charge in [0.1, 0.15) is 5.82 Å². The van der Waals surface area contributed by atoms with Crippen LogP contribution in [0.4, 0.5) is 4.39 Å². The number of rotatable bonds is 1. The molecule has 0 aliphatic heterocycles. The minimum Gasteiger partial charge on any atom is -0.206 e. The normalized spacial score (nSPS) is 10.8. The van der Waals surface area contributed by atoms with Crippen molar-refractivity contribution in [3.05, 3.63) is 45.3 Å². The van der Waals surface area contributed by atoms with E-state index in [0.717, 1.165) is 20.8 Å². The third-order valence-corrected chi connectivity index (χ3v) is 3.46. The minimum atomic E-state index is -0.126. The maximum Gasteiger partial charge on any atom is 0.137 e. The molecule has 2 aromatic rings. The van der Waals surface area contributed by atoms with Crippen molar-refractivity contribution in [2.24, 2.45) is 0 Å². The van der Waals surface area contributed by atoms with E-state index in [9.17, 15) is 4.39 Å². The van der Waals surface area contributed by atoms with Gasteiger partial charge in [-0.15, -0.1) is 0 Å². The van der Waals surface area contributed by atoms with Crippen molar-refractivity contribution < 1.29 is 4.39 Å². The molecule has 0 bridgehead atoms. The van der Waals surface area contributed by atoms with Crippen molar-refractivity contribution >= 4 is 33.4 Å². The minimum absolute atomic E-state index is 0.126. The summed E-state index contributed by atoms with van der Waals surface area (Å²) in [6.45, 7) is 2.09. The van der Waals surface area contributed by atoms with Gasteiger partial charge in [-0.05, 0) is 46.0 Å². The van der Waals surface area contributed by atoms with E-state index >= 15 is 0 Å². The van der Waals surface area contributed by atoms with Gasteiger partial charge in [0.2, 0.25) is 0 Å². The van der Waals surface area contributed by atoms with E-state index in [1.54, 1.807) is 0 Å². The van der Waals surface area contributed by atoms with Gasteiger partial charge in [0.05, 0.1) is 3.57 Å². The number of fused-ring (bicyclic) bond motifs is 1. The van der Waals surface area contributed by atoms with Crippen LogP contribution >= 0.6 is 22.6 Å². The van der Waals surface area contributed by atoms with Crippen LogP contribution in [0.1, 0.15) is 12.5 Å². The fourth-order valence-corrected chi connectivity index (χ4v) is 2.51. The first kappa shape index (κ1) is 9.90. The number of halogens is 2. The molecule has 0 amide bonds. The van der Waals surface area contributed by atoms with Crippen LogP contribution < -0.4 is 0 Å². The topological polar surface area (TPSA) is 0 Å². The Hall–Kier alpha value is -0.640. The quantitative estimate of drug-likeness (QED) is 0.694. The Balaban J connectivity index is 2.89. The van der Waals surface area contributed by atoms with E-state index in [-0.39, 0.29) is 5.82 Å². The average Bonchev–Trinajstić information content (AvgIpc) is 2.23. The van der Waals surface area contributed by atoms with Crippen LogP contribution in [0.5, 0.6) is 0 Å². The van der Waals surface area contributed by atoms with E-state index in [2.05, 4.69) is 35.6 Å². The summed E-state index contributed by atoms with van der Waals surface area (Å²) in [7, 11) is 0. The highest BCUT2D eigenvalue weighted by atomic mass is 127. The lowest BCUT2D eigenvalue weighted by Crippen LogP contribution is -1.89. The standard InChI is InChI=1S/C12H10FI/c1-2-8-4-3-5-9-6-7-10(13)12(14)11(8)9/h3-7H,2H2,1H3. The summed E-state index contributed by atoms with van der Waals surface area (Å²) < 4.78 is 14.1. The second-order valence-electron chi connectivity index (χ2n) is 3.23. The molecular weight excluding hydrogens is 290 g/mol. The molecule has 0 atom stereocenters. The lowest BCUT2D eigenvalue weighted by atomic mass is 10.0. The molecule has 0 heterocycles. The van der Waals surface area contributed by atoms with Gasteiger partial charge < -0.3 is 0 Å². The van der Waals surface area contributed by atoms with E-state index in [1.165, 1.54) is 11.6 Å². The molecule has 0 saturated heterocycles. The van der Waals surface area contributed by atoms with Crippen molar-refractivity contribution in [2.75, 3.05) is 0 Å². The summed E-state index contributed by atoms with van der Waals surface area (Å²) in [5.74, 6) is -0.126. The lowest BCUT2D eigenvalue weighted by molar-refractivity contribution is 0.622. The Kier molecular flexibility index (Phi) is 2.72. The van der Waals surface area contributed by atoms with Crippen LogP contribution in [0.25, 0.3) is 10.8 Å². The van der Waals surface area contributed by atoms with Crippen LogP contribution in [0.15, 0.2) is 30.3 Å². The Labute approximate surface area is 96.3 Å². The van der Waals surface area contributed by atoms with E-state index < -0.39 is 0 Å². The average molecular weight is 300 g/mol. The predicted octanol–water partition coefficient (Wildman–Crippen LogP) is 4.15. The summed E-state index contributed by atoms with van der Waals surface area (Å²) >= 11 is 2.08. The first-order valence-electron chi connectivity index (χ1n) is 4.59. The second kappa shape index (κ2) is 3.85. The monoisotopic (exact) mass is 300 g/mol. The van der Waals surface area contributed by atoms with Gasteiger partial charge in [-0.3, -0.25) is 0 Å². The van der Waals surface area contributed by atoms with Crippen LogP contribution in [-0.4, -0.2) is 0 Å². The summed E-state index contributed by atoms with van der Waals surface area (Å²) in [6, 6.07) is 9.48. The lowest BCUT2D eigenvalue weighted by Gasteiger charge is -2.06. The molecule has 0 nitrogen and oxygen atoms in total. The molecule has 0 radical (unpaired) electrons. The Morgan fingerprint density at radius 3 is 2.71 bits per heavy atom. The van der Waals surface area contributed by atoms with E-state index in [1.807, 2.05) is 18.2 Å². The maximum absolute atomic E-state index is 13.4. The highest BCUT2D eigenvalue weighted by molar-refractivity contribution is 14.1. The SMILES string of the molecule is CCc1cccc2ccc(F)c(I)c12. The molecular formula is C12H10FI. The van der Waals surface area contributed by atoms with Crippen LogP contribution in [0.2, 0.25) is 0 Å². The van der Waals surface area contributed by atoms with Crippen molar-refractivity contribution in [1.82, 2.24) is 0 Å². The Bertz CT molecular complexity index is 477.